The van der Waals surface area contributed by atoms with Crippen LogP contribution in [-0.2, 0) is 11.3 Å². The molecule has 0 radical (unpaired) electrons. The van der Waals surface area contributed by atoms with Crippen molar-refractivity contribution in [3.05, 3.63) is 53.4 Å². The molecule has 1 saturated heterocycles. The number of nitrogens with one attached hydrogen (secondary N) is 1. The average molecular weight is 353 g/mol. The summed E-state index contributed by atoms with van der Waals surface area (Å²) in [7, 11) is 0. The molecule has 0 spiro atoms. The van der Waals surface area contributed by atoms with Crippen LogP contribution in [0.5, 0.6) is 0 Å². The van der Waals surface area contributed by atoms with E-state index < -0.39 is 0 Å². The molecule has 1 atom stereocenters. The number of likely N-dealkylation sites (tertiary alicyclic amines) is 1. The molecule has 6 heteroatoms. The van der Waals surface area contributed by atoms with Crippen molar-refractivity contribution in [2.45, 2.75) is 38.1 Å². The van der Waals surface area contributed by atoms with E-state index in [2.05, 4.69) is 10.5 Å². The Morgan fingerprint density at radius 3 is 2.77 bits per heavy atom. The SMILES string of the molecule is O=C(NCc1ccccc1)c1cc(C2CCCN(C(=O)C3CC3)C2)on1. The fourth-order valence-electron chi connectivity index (χ4n) is 3.46. The summed E-state index contributed by atoms with van der Waals surface area (Å²) in [6.45, 7) is 1.94. The molecule has 6 nitrogen and oxygen atoms in total. The van der Waals surface area contributed by atoms with Crippen molar-refractivity contribution >= 4 is 11.8 Å². The van der Waals surface area contributed by atoms with Gasteiger partial charge in [-0.15, -0.1) is 0 Å². The number of carbonyl (C=O) groups excluding carboxylic acids is 2. The first-order chi connectivity index (χ1) is 12.7. The van der Waals surface area contributed by atoms with Crippen LogP contribution >= 0.6 is 0 Å². The first-order valence-electron chi connectivity index (χ1n) is 9.28. The summed E-state index contributed by atoms with van der Waals surface area (Å²) >= 11 is 0. The third kappa shape index (κ3) is 3.79. The van der Waals surface area contributed by atoms with Crippen molar-refractivity contribution in [2.24, 2.45) is 5.92 Å². The van der Waals surface area contributed by atoms with Gasteiger partial charge >= 0.3 is 0 Å². The number of aromatic nitrogens is 1. The van der Waals surface area contributed by atoms with Crippen LogP contribution in [0.25, 0.3) is 0 Å². The molecule has 2 amide bonds. The average Bonchev–Trinajstić information content (AvgIpc) is 3.42. The Hall–Kier alpha value is -2.63. The van der Waals surface area contributed by atoms with Gasteiger partial charge in [0, 0.05) is 37.5 Å². The first-order valence-corrected chi connectivity index (χ1v) is 9.28. The van der Waals surface area contributed by atoms with Gasteiger partial charge in [-0.2, -0.15) is 0 Å². The van der Waals surface area contributed by atoms with Gasteiger partial charge in [0.15, 0.2) is 5.69 Å². The van der Waals surface area contributed by atoms with E-state index in [1.54, 1.807) is 6.07 Å². The molecule has 1 aromatic heterocycles. The zero-order chi connectivity index (χ0) is 17.9. The predicted molar refractivity (Wildman–Crippen MR) is 95.4 cm³/mol. The molecule has 1 saturated carbocycles. The first kappa shape index (κ1) is 16.8. The molecule has 1 aliphatic carbocycles. The van der Waals surface area contributed by atoms with Crippen LogP contribution in [0.4, 0.5) is 0 Å². The molecule has 2 aliphatic rings. The van der Waals surface area contributed by atoms with E-state index in [1.807, 2.05) is 35.2 Å². The second-order valence-corrected chi connectivity index (χ2v) is 7.18. The number of benzene rings is 1. The quantitative estimate of drug-likeness (QED) is 0.897. The highest BCUT2D eigenvalue weighted by Crippen LogP contribution is 2.34. The fourth-order valence-corrected chi connectivity index (χ4v) is 3.46. The van der Waals surface area contributed by atoms with Crippen LogP contribution in [0.2, 0.25) is 0 Å². The van der Waals surface area contributed by atoms with Crippen molar-refractivity contribution < 1.29 is 14.1 Å². The summed E-state index contributed by atoms with van der Waals surface area (Å²) in [4.78, 5) is 26.5. The van der Waals surface area contributed by atoms with E-state index in [9.17, 15) is 9.59 Å². The van der Waals surface area contributed by atoms with Crippen LogP contribution in [0, 0.1) is 5.92 Å². The number of hydrogen-bond donors (Lipinski definition) is 1. The number of amides is 2. The molecule has 0 bridgehead atoms. The van der Waals surface area contributed by atoms with E-state index in [4.69, 9.17) is 4.52 Å². The van der Waals surface area contributed by atoms with E-state index >= 15 is 0 Å². The minimum absolute atomic E-state index is 0.120. The van der Waals surface area contributed by atoms with Crippen molar-refractivity contribution in [3.63, 3.8) is 0 Å². The molecule has 136 valence electrons. The second-order valence-electron chi connectivity index (χ2n) is 7.18. The maximum absolute atomic E-state index is 12.3. The summed E-state index contributed by atoms with van der Waals surface area (Å²) in [5, 5.41) is 6.79. The lowest BCUT2D eigenvalue weighted by atomic mass is 9.95. The smallest absolute Gasteiger partial charge is 0.273 e. The number of carbonyl (C=O) groups is 2. The number of hydrogen-bond acceptors (Lipinski definition) is 4. The van der Waals surface area contributed by atoms with Crippen molar-refractivity contribution in [2.75, 3.05) is 13.1 Å². The Bertz CT molecular complexity index is 783. The summed E-state index contributed by atoms with van der Waals surface area (Å²) < 4.78 is 5.43. The van der Waals surface area contributed by atoms with Gasteiger partial charge in [0.2, 0.25) is 5.91 Å². The van der Waals surface area contributed by atoms with Gasteiger partial charge in [0.05, 0.1) is 0 Å². The molecule has 2 aromatic rings. The minimum Gasteiger partial charge on any atom is -0.360 e. The molecule has 26 heavy (non-hydrogen) atoms. The van der Waals surface area contributed by atoms with E-state index in [-0.39, 0.29) is 23.7 Å². The lowest BCUT2D eigenvalue weighted by Gasteiger charge is -2.31. The summed E-state index contributed by atoms with van der Waals surface area (Å²) in [5.41, 5.74) is 1.33. The van der Waals surface area contributed by atoms with E-state index in [0.29, 0.717) is 24.5 Å². The summed E-state index contributed by atoms with van der Waals surface area (Å²) in [5.74, 6) is 1.08. The van der Waals surface area contributed by atoms with E-state index in [1.165, 1.54) is 0 Å². The van der Waals surface area contributed by atoms with Crippen LogP contribution in [-0.4, -0.2) is 35.0 Å². The van der Waals surface area contributed by atoms with Crippen molar-refractivity contribution in [3.8, 4) is 0 Å². The molecule has 4 rings (SSSR count). The number of piperidine rings is 1. The predicted octanol–water partition coefficient (Wildman–Crippen LogP) is 2.72. The van der Waals surface area contributed by atoms with Gasteiger partial charge in [0.25, 0.3) is 5.91 Å². The Balaban J connectivity index is 1.36. The highest BCUT2D eigenvalue weighted by atomic mass is 16.5. The molecule has 2 fully saturated rings. The standard InChI is InChI=1S/C20H23N3O3/c24-19(21-12-14-5-2-1-3-6-14)17-11-18(26-22-17)16-7-4-10-23(13-16)20(25)15-8-9-15/h1-3,5-6,11,15-16H,4,7-10,12-13H2,(H,21,24). The van der Waals surface area contributed by atoms with Gasteiger partial charge in [-0.1, -0.05) is 35.5 Å². The molecule has 1 unspecified atom stereocenters. The van der Waals surface area contributed by atoms with Gasteiger partial charge in [-0.05, 0) is 31.2 Å². The molecular formula is C20H23N3O3. The van der Waals surface area contributed by atoms with E-state index in [0.717, 1.165) is 37.8 Å². The van der Waals surface area contributed by atoms with Crippen molar-refractivity contribution in [1.29, 1.82) is 0 Å². The third-order valence-electron chi connectivity index (χ3n) is 5.12. The van der Waals surface area contributed by atoms with Gasteiger partial charge in [0.1, 0.15) is 5.76 Å². The fraction of sp³-hybridized carbons (Fsp3) is 0.450. The molecule has 1 N–H and O–H groups in total. The Morgan fingerprint density at radius 2 is 2.00 bits per heavy atom. The molecule has 1 aromatic carbocycles. The summed E-state index contributed by atoms with van der Waals surface area (Å²) in [6.07, 6.45) is 3.95. The Labute approximate surface area is 152 Å². The minimum atomic E-state index is -0.245. The molecular weight excluding hydrogens is 330 g/mol. The van der Waals surface area contributed by atoms with Crippen LogP contribution in [0.3, 0.4) is 0 Å². The van der Waals surface area contributed by atoms with Gasteiger partial charge in [-0.25, -0.2) is 0 Å². The largest absolute Gasteiger partial charge is 0.360 e. The number of nitrogens with zero attached hydrogens (tertiary/aromatic N) is 2. The molecule has 1 aliphatic heterocycles. The van der Waals surface area contributed by atoms with Crippen LogP contribution < -0.4 is 5.32 Å². The maximum Gasteiger partial charge on any atom is 0.273 e. The zero-order valence-electron chi connectivity index (χ0n) is 14.7. The van der Waals surface area contributed by atoms with Crippen molar-refractivity contribution in [1.82, 2.24) is 15.4 Å². The topological polar surface area (TPSA) is 75.4 Å². The van der Waals surface area contributed by atoms with Crippen LogP contribution in [0.1, 0.15) is 53.4 Å². The molecule has 2 heterocycles. The monoisotopic (exact) mass is 353 g/mol. The highest BCUT2D eigenvalue weighted by molar-refractivity contribution is 5.92. The maximum atomic E-state index is 12.3. The van der Waals surface area contributed by atoms with Crippen LogP contribution in [0.15, 0.2) is 40.9 Å². The second kappa shape index (κ2) is 7.32. The Kier molecular flexibility index (Phi) is 4.73. The summed E-state index contributed by atoms with van der Waals surface area (Å²) in [6, 6.07) is 11.5. The zero-order valence-corrected chi connectivity index (χ0v) is 14.7. The third-order valence-corrected chi connectivity index (χ3v) is 5.12. The van der Waals surface area contributed by atoms with Gasteiger partial charge < -0.3 is 14.7 Å². The lowest BCUT2D eigenvalue weighted by molar-refractivity contribution is -0.133. The normalized spacial score (nSPS) is 20.0. The highest BCUT2D eigenvalue weighted by Gasteiger charge is 2.36. The lowest BCUT2D eigenvalue weighted by Crippen LogP contribution is -2.39. The number of rotatable bonds is 5. The van der Waals surface area contributed by atoms with Gasteiger partial charge in [-0.3, -0.25) is 9.59 Å². The Morgan fingerprint density at radius 1 is 1.19 bits per heavy atom.